The summed E-state index contributed by atoms with van der Waals surface area (Å²) >= 11 is 0. The fourth-order valence-corrected chi connectivity index (χ4v) is 6.21. The first-order valence-electron chi connectivity index (χ1n) is 14.7. The van der Waals surface area contributed by atoms with Crippen molar-refractivity contribution in [2.75, 3.05) is 23.9 Å². The number of nitrogens with zero attached hydrogens (tertiary/aromatic N) is 5. The van der Waals surface area contributed by atoms with Crippen LogP contribution in [0, 0.1) is 0 Å². The summed E-state index contributed by atoms with van der Waals surface area (Å²) in [7, 11) is 4.25. The molecule has 5 aromatic rings. The van der Waals surface area contributed by atoms with Gasteiger partial charge in [0.15, 0.2) is 17.5 Å². The highest BCUT2D eigenvalue weighted by Gasteiger charge is 2.28. The molecule has 4 aromatic carbocycles. The van der Waals surface area contributed by atoms with Crippen molar-refractivity contribution in [2.45, 2.75) is 19.3 Å². The number of hydrogen-bond donors (Lipinski definition) is 0. The monoisotopic (exact) mass is 559 g/mol. The average Bonchev–Trinajstić information content (AvgIpc) is 3.33. The summed E-state index contributed by atoms with van der Waals surface area (Å²) in [6.07, 6.45) is 11.8. The fourth-order valence-electron chi connectivity index (χ4n) is 6.21. The molecule has 1 aliphatic heterocycles. The van der Waals surface area contributed by atoms with Crippen LogP contribution in [0.4, 0.5) is 11.4 Å². The third-order valence-electron chi connectivity index (χ3n) is 8.36. The zero-order valence-corrected chi connectivity index (χ0v) is 24.6. The molecule has 2 aliphatic rings. The van der Waals surface area contributed by atoms with Gasteiger partial charge in [-0.2, -0.15) is 0 Å². The van der Waals surface area contributed by atoms with Crippen LogP contribution >= 0.6 is 0 Å². The highest BCUT2D eigenvalue weighted by atomic mass is 15.4. The van der Waals surface area contributed by atoms with Crippen molar-refractivity contribution in [3.8, 4) is 45.3 Å². The Bertz CT molecular complexity index is 1890. The topological polar surface area (TPSA) is 45.2 Å². The van der Waals surface area contributed by atoms with Crippen molar-refractivity contribution in [3.05, 3.63) is 139 Å². The summed E-state index contributed by atoms with van der Waals surface area (Å²) in [4.78, 5) is 19.6. The molecule has 0 radical (unpaired) electrons. The highest BCUT2D eigenvalue weighted by Crippen LogP contribution is 2.46. The van der Waals surface area contributed by atoms with Crippen LogP contribution in [0.1, 0.15) is 24.8 Å². The lowest BCUT2D eigenvalue weighted by atomic mass is 9.89. The van der Waals surface area contributed by atoms with Gasteiger partial charge in [-0.15, -0.1) is 0 Å². The lowest BCUT2D eigenvalue weighted by molar-refractivity contribution is 0.853. The molecular weight excluding hydrogens is 526 g/mol. The summed E-state index contributed by atoms with van der Waals surface area (Å²) in [6.45, 7) is 2.08. The fraction of sp³-hybridized carbons (Fsp3) is 0.132. The van der Waals surface area contributed by atoms with Gasteiger partial charge in [0, 0.05) is 42.3 Å². The molecular formula is C38H33N5. The minimum atomic E-state index is 0.286. The van der Waals surface area contributed by atoms with Gasteiger partial charge in [0.1, 0.15) is 5.82 Å². The number of anilines is 2. The molecule has 0 amide bonds. The van der Waals surface area contributed by atoms with E-state index in [9.17, 15) is 0 Å². The standard InChI is InChI=1S/C38H33N5/c1-4-34-42(2)33-21-13-20-31(35(33)43(34)3)27-22-24-29(25-23-27)37-39-36(28-16-9-6-10-17-28)40-38(41-37)32-19-12-11-18-30(32)26-14-7-5-8-15-26/h4-14,16-26H,15H2,1-3H3/b34-4-. The zero-order chi connectivity index (χ0) is 29.3. The van der Waals surface area contributed by atoms with E-state index < -0.39 is 0 Å². The van der Waals surface area contributed by atoms with E-state index in [0.29, 0.717) is 17.5 Å². The SMILES string of the molecule is C/C=C1/N(C)c2cccc(-c3ccc(-c4nc(-c5ccccc5)nc(-c5ccccc5C5C=CC=CC5)n4)cc3)c2N1C. The Labute approximate surface area is 253 Å². The maximum absolute atomic E-state index is 5.07. The molecule has 5 heteroatoms. The second kappa shape index (κ2) is 11.2. The van der Waals surface area contributed by atoms with E-state index in [1.165, 1.54) is 28.3 Å². The number of rotatable bonds is 5. The van der Waals surface area contributed by atoms with Gasteiger partial charge in [0.05, 0.1) is 11.4 Å². The van der Waals surface area contributed by atoms with Crippen LogP contribution in [0.3, 0.4) is 0 Å². The lowest BCUT2D eigenvalue weighted by Crippen LogP contribution is -2.21. The van der Waals surface area contributed by atoms with Gasteiger partial charge in [0.2, 0.25) is 0 Å². The predicted octanol–water partition coefficient (Wildman–Crippen LogP) is 8.89. The molecule has 0 spiro atoms. The first kappa shape index (κ1) is 26.6. The molecule has 1 aromatic heterocycles. The van der Waals surface area contributed by atoms with Crippen LogP contribution < -0.4 is 9.80 Å². The maximum Gasteiger partial charge on any atom is 0.164 e. The molecule has 43 heavy (non-hydrogen) atoms. The van der Waals surface area contributed by atoms with Gasteiger partial charge in [0.25, 0.3) is 0 Å². The van der Waals surface area contributed by atoms with Crippen molar-refractivity contribution in [2.24, 2.45) is 0 Å². The molecule has 0 saturated heterocycles. The van der Waals surface area contributed by atoms with Crippen molar-refractivity contribution >= 4 is 11.4 Å². The summed E-state index contributed by atoms with van der Waals surface area (Å²) in [5.74, 6) is 3.48. The minimum Gasteiger partial charge on any atom is -0.329 e. The van der Waals surface area contributed by atoms with Crippen LogP contribution in [0.25, 0.3) is 45.3 Å². The van der Waals surface area contributed by atoms with Gasteiger partial charge >= 0.3 is 0 Å². The van der Waals surface area contributed by atoms with E-state index in [0.717, 1.165) is 28.7 Å². The largest absolute Gasteiger partial charge is 0.329 e. The van der Waals surface area contributed by atoms with E-state index in [1.807, 2.05) is 18.2 Å². The van der Waals surface area contributed by atoms with E-state index in [-0.39, 0.29) is 5.92 Å². The van der Waals surface area contributed by atoms with Gasteiger partial charge in [-0.25, -0.2) is 15.0 Å². The van der Waals surface area contributed by atoms with Crippen molar-refractivity contribution in [1.82, 2.24) is 15.0 Å². The Morgan fingerprint density at radius 2 is 1.28 bits per heavy atom. The van der Waals surface area contributed by atoms with E-state index in [2.05, 4.69) is 140 Å². The van der Waals surface area contributed by atoms with Gasteiger partial charge < -0.3 is 9.80 Å². The van der Waals surface area contributed by atoms with Gasteiger partial charge in [-0.1, -0.05) is 115 Å². The quantitative estimate of drug-likeness (QED) is 0.215. The number of aromatic nitrogens is 3. The molecule has 1 unspecified atom stereocenters. The van der Waals surface area contributed by atoms with Crippen LogP contribution in [0.5, 0.6) is 0 Å². The van der Waals surface area contributed by atoms with Crippen LogP contribution in [-0.2, 0) is 0 Å². The first-order valence-corrected chi connectivity index (χ1v) is 14.7. The predicted molar refractivity (Wildman–Crippen MR) is 178 cm³/mol. The number of hydrogen-bond acceptors (Lipinski definition) is 5. The van der Waals surface area contributed by atoms with Gasteiger partial charge in [-0.3, -0.25) is 0 Å². The molecule has 7 rings (SSSR count). The lowest BCUT2D eigenvalue weighted by Gasteiger charge is -2.18. The normalized spacial score (nSPS) is 16.6. The third kappa shape index (κ3) is 4.83. The highest BCUT2D eigenvalue weighted by molar-refractivity contribution is 5.94. The van der Waals surface area contributed by atoms with Crippen LogP contribution in [0.15, 0.2) is 133 Å². The molecule has 0 saturated carbocycles. The summed E-state index contributed by atoms with van der Waals surface area (Å²) in [5, 5.41) is 0. The number of benzene rings is 4. The second-order valence-electron chi connectivity index (χ2n) is 10.9. The van der Waals surface area contributed by atoms with E-state index >= 15 is 0 Å². The second-order valence-corrected chi connectivity index (χ2v) is 10.9. The van der Waals surface area contributed by atoms with Crippen molar-refractivity contribution in [1.29, 1.82) is 0 Å². The third-order valence-corrected chi connectivity index (χ3v) is 8.36. The summed E-state index contributed by atoms with van der Waals surface area (Å²) in [6, 6.07) is 33.7. The van der Waals surface area contributed by atoms with Crippen molar-refractivity contribution < 1.29 is 0 Å². The minimum absolute atomic E-state index is 0.286. The summed E-state index contributed by atoms with van der Waals surface area (Å²) < 4.78 is 0. The van der Waals surface area contributed by atoms with Gasteiger partial charge in [-0.05, 0) is 36.6 Å². The molecule has 0 N–H and O–H groups in total. The average molecular weight is 560 g/mol. The van der Waals surface area contributed by atoms with E-state index in [1.54, 1.807) is 0 Å². The molecule has 0 fully saturated rings. The van der Waals surface area contributed by atoms with Crippen LogP contribution in [-0.4, -0.2) is 29.0 Å². The Balaban J connectivity index is 1.32. The zero-order valence-electron chi connectivity index (χ0n) is 24.6. The maximum atomic E-state index is 5.07. The Morgan fingerprint density at radius 1 is 0.628 bits per heavy atom. The smallest absolute Gasteiger partial charge is 0.164 e. The van der Waals surface area contributed by atoms with E-state index in [4.69, 9.17) is 15.0 Å². The molecule has 1 atom stereocenters. The first-order chi connectivity index (χ1) is 21.1. The van der Waals surface area contributed by atoms with Crippen LogP contribution in [0.2, 0.25) is 0 Å². The Morgan fingerprint density at radius 3 is 2.00 bits per heavy atom. The number of allylic oxidation sites excluding steroid dienone is 5. The Kier molecular flexibility index (Phi) is 6.92. The number of fused-ring (bicyclic) bond motifs is 1. The molecule has 210 valence electrons. The number of para-hydroxylation sites is 1. The molecule has 5 nitrogen and oxygen atoms in total. The van der Waals surface area contributed by atoms with Crippen molar-refractivity contribution in [3.63, 3.8) is 0 Å². The Hall–Kier alpha value is -5.29. The molecule has 1 aliphatic carbocycles. The molecule has 2 heterocycles. The summed E-state index contributed by atoms with van der Waals surface area (Å²) in [5.41, 5.74) is 8.94. The molecule has 0 bridgehead atoms.